The third-order valence-corrected chi connectivity index (χ3v) is 4.72. The van der Waals surface area contributed by atoms with Crippen molar-refractivity contribution < 1.29 is 0 Å². The lowest BCUT2D eigenvalue weighted by atomic mass is 10.1. The third-order valence-electron chi connectivity index (χ3n) is 3.62. The molecule has 0 aliphatic carbocycles. The number of aromatic nitrogens is 2. The summed E-state index contributed by atoms with van der Waals surface area (Å²) in [5.41, 5.74) is 3.66. The van der Waals surface area contributed by atoms with Gasteiger partial charge in [-0.1, -0.05) is 30.3 Å². The van der Waals surface area contributed by atoms with Crippen LogP contribution in [0.1, 0.15) is 24.5 Å². The van der Waals surface area contributed by atoms with Crippen LogP contribution in [0, 0.1) is 6.92 Å². The minimum Gasteiger partial charge on any atom is -0.366 e. The summed E-state index contributed by atoms with van der Waals surface area (Å²) in [5.74, 6) is 0.957. The number of fused-ring (bicyclic) bond motifs is 1. The Bertz CT molecular complexity index is 721. The van der Waals surface area contributed by atoms with Gasteiger partial charge in [0.1, 0.15) is 12.1 Å². The number of nitrogens with one attached hydrogen (secondary N) is 1. The van der Waals surface area contributed by atoms with E-state index in [1.54, 1.807) is 17.7 Å². The minimum atomic E-state index is 0.380. The molecule has 0 fully saturated rings. The van der Waals surface area contributed by atoms with Crippen LogP contribution in [0.15, 0.2) is 42.0 Å². The Morgan fingerprint density at radius 2 is 2.00 bits per heavy atom. The molecule has 108 valence electrons. The fraction of sp³-hybridized carbons (Fsp3) is 0.294. The number of aryl methyl sites for hydroxylation is 2. The molecule has 21 heavy (non-hydrogen) atoms. The molecule has 3 nitrogen and oxygen atoms in total. The normalized spacial score (nSPS) is 12.5. The average molecular weight is 297 g/mol. The van der Waals surface area contributed by atoms with E-state index < -0.39 is 0 Å². The maximum Gasteiger partial charge on any atom is 0.147 e. The monoisotopic (exact) mass is 297 g/mol. The number of anilines is 1. The van der Waals surface area contributed by atoms with E-state index in [2.05, 4.69) is 64.8 Å². The van der Waals surface area contributed by atoms with Crippen LogP contribution in [0.2, 0.25) is 0 Å². The Balaban J connectivity index is 1.67. The van der Waals surface area contributed by atoms with Gasteiger partial charge in [-0.3, -0.25) is 0 Å². The van der Waals surface area contributed by atoms with E-state index >= 15 is 0 Å². The molecule has 0 saturated carbocycles. The van der Waals surface area contributed by atoms with Gasteiger partial charge < -0.3 is 5.32 Å². The largest absolute Gasteiger partial charge is 0.366 e. The molecule has 3 aromatic rings. The van der Waals surface area contributed by atoms with Gasteiger partial charge in [-0.15, -0.1) is 11.3 Å². The highest BCUT2D eigenvalue weighted by molar-refractivity contribution is 7.18. The molecule has 3 rings (SSSR count). The molecule has 0 aliphatic rings. The highest BCUT2D eigenvalue weighted by Crippen LogP contribution is 2.29. The SMILES string of the molecule is Cc1csc2c(NC(C)CCc3ccccc3)ncnc12. The van der Waals surface area contributed by atoms with Crippen molar-refractivity contribution in [3.63, 3.8) is 0 Å². The maximum atomic E-state index is 4.40. The van der Waals surface area contributed by atoms with E-state index in [0.29, 0.717) is 6.04 Å². The lowest BCUT2D eigenvalue weighted by Gasteiger charge is -2.14. The molecule has 0 aliphatic heterocycles. The Labute approximate surface area is 129 Å². The van der Waals surface area contributed by atoms with Gasteiger partial charge in [0, 0.05) is 6.04 Å². The van der Waals surface area contributed by atoms with Gasteiger partial charge >= 0.3 is 0 Å². The van der Waals surface area contributed by atoms with Crippen molar-refractivity contribution in [2.24, 2.45) is 0 Å². The van der Waals surface area contributed by atoms with Gasteiger partial charge in [-0.2, -0.15) is 0 Å². The summed E-state index contributed by atoms with van der Waals surface area (Å²) in [5, 5.41) is 5.67. The first-order chi connectivity index (χ1) is 10.2. The van der Waals surface area contributed by atoms with Crippen LogP contribution in [0.25, 0.3) is 10.2 Å². The molecule has 0 saturated heterocycles. The zero-order chi connectivity index (χ0) is 14.7. The van der Waals surface area contributed by atoms with E-state index in [1.807, 2.05) is 0 Å². The number of nitrogens with zero attached hydrogens (tertiary/aromatic N) is 2. The number of rotatable bonds is 5. The van der Waals surface area contributed by atoms with E-state index in [1.165, 1.54) is 11.1 Å². The molecule has 0 radical (unpaired) electrons. The summed E-state index contributed by atoms with van der Waals surface area (Å²) in [6.07, 6.45) is 3.81. The Morgan fingerprint density at radius 1 is 1.19 bits per heavy atom. The first-order valence-corrected chi connectivity index (χ1v) is 8.11. The molecular weight excluding hydrogens is 278 g/mol. The minimum absolute atomic E-state index is 0.380. The van der Waals surface area contributed by atoms with Gasteiger partial charge in [-0.05, 0) is 43.2 Å². The topological polar surface area (TPSA) is 37.8 Å². The van der Waals surface area contributed by atoms with Crippen LogP contribution < -0.4 is 5.32 Å². The summed E-state index contributed by atoms with van der Waals surface area (Å²) in [4.78, 5) is 8.76. The van der Waals surface area contributed by atoms with Crippen molar-refractivity contribution in [3.05, 3.63) is 53.2 Å². The number of benzene rings is 1. The molecule has 2 heterocycles. The Morgan fingerprint density at radius 3 is 2.81 bits per heavy atom. The van der Waals surface area contributed by atoms with Crippen LogP contribution in [0.4, 0.5) is 5.82 Å². The van der Waals surface area contributed by atoms with Crippen LogP contribution >= 0.6 is 11.3 Å². The summed E-state index contributed by atoms with van der Waals surface area (Å²) in [6.45, 7) is 4.30. The average Bonchev–Trinajstić information content (AvgIpc) is 2.89. The second kappa shape index (κ2) is 6.22. The maximum absolute atomic E-state index is 4.40. The van der Waals surface area contributed by atoms with E-state index in [4.69, 9.17) is 0 Å². The second-order valence-electron chi connectivity index (χ2n) is 5.39. The zero-order valence-electron chi connectivity index (χ0n) is 12.3. The molecule has 1 atom stereocenters. The van der Waals surface area contributed by atoms with Crippen molar-refractivity contribution in [1.82, 2.24) is 9.97 Å². The van der Waals surface area contributed by atoms with Crippen LogP contribution in [-0.4, -0.2) is 16.0 Å². The molecule has 1 N–H and O–H groups in total. The summed E-state index contributed by atoms with van der Waals surface area (Å²) in [7, 11) is 0. The molecule has 0 spiro atoms. The van der Waals surface area contributed by atoms with Gasteiger partial charge in [0.05, 0.1) is 10.2 Å². The highest BCUT2D eigenvalue weighted by Gasteiger charge is 2.10. The van der Waals surface area contributed by atoms with Gasteiger partial charge in [0.15, 0.2) is 0 Å². The molecule has 0 amide bonds. The van der Waals surface area contributed by atoms with Crippen molar-refractivity contribution in [2.75, 3.05) is 5.32 Å². The Kier molecular flexibility index (Phi) is 4.15. The third kappa shape index (κ3) is 3.22. The fourth-order valence-electron chi connectivity index (χ4n) is 2.41. The van der Waals surface area contributed by atoms with Crippen LogP contribution in [0.3, 0.4) is 0 Å². The Hall–Kier alpha value is -1.94. The first-order valence-electron chi connectivity index (χ1n) is 7.23. The van der Waals surface area contributed by atoms with E-state index in [9.17, 15) is 0 Å². The molecule has 1 aromatic carbocycles. The lowest BCUT2D eigenvalue weighted by Crippen LogP contribution is -2.17. The molecule has 2 aromatic heterocycles. The van der Waals surface area contributed by atoms with Crippen molar-refractivity contribution in [2.45, 2.75) is 32.7 Å². The standard InChI is InChI=1S/C17H19N3S/c1-12-10-21-16-15(12)18-11-19-17(16)20-13(2)8-9-14-6-4-3-5-7-14/h3-7,10-11,13H,8-9H2,1-2H3,(H,18,19,20). The second-order valence-corrected chi connectivity index (χ2v) is 6.27. The van der Waals surface area contributed by atoms with Gasteiger partial charge in [0.25, 0.3) is 0 Å². The van der Waals surface area contributed by atoms with E-state index in [0.717, 1.165) is 28.9 Å². The molecule has 0 bridgehead atoms. The molecule has 1 unspecified atom stereocenters. The van der Waals surface area contributed by atoms with Crippen LogP contribution in [0.5, 0.6) is 0 Å². The number of hydrogen-bond donors (Lipinski definition) is 1. The predicted molar refractivity (Wildman–Crippen MR) is 90.0 cm³/mol. The summed E-state index contributed by atoms with van der Waals surface area (Å²) < 4.78 is 1.15. The smallest absolute Gasteiger partial charge is 0.147 e. The summed E-state index contributed by atoms with van der Waals surface area (Å²) in [6, 6.07) is 11.0. The predicted octanol–water partition coefficient (Wildman–Crippen LogP) is 4.43. The van der Waals surface area contributed by atoms with Crippen molar-refractivity contribution >= 4 is 27.4 Å². The first kappa shape index (κ1) is 14.0. The lowest BCUT2D eigenvalue weighted by molar-refractivity contribution is 0.704. The van der Waals surface area contributed by atoms with Gasteiger partial charge in [-0.25, -0.2) is 9.97 Å². The highest BCUT2D eigenvalue weighted by atomic mass is 32.1. The van der Waals surface area contributed by atoms with Gasteiger partial charge in [0.2, 0.25) is 0 Å². The number of thiophene rings is 1. The van der Waals surface area contributed by atoms with Crippen LogP contribution in [-0.2, 0) is 6.42 Å². The number of hydrogen-bond acceptors (Lipinski definition) is 4. The quantitative estimate of drug-likeness (QED) is 0.757. The van der Waals surface area contributed by atoms with Crippen molar-refractivity contribution in [3.8, 4) is 0 Å². The molecular formula is C17H19N3S. The zero-order valence-corrected chi connectivity index (χ0v) is 13.2. The van der Waals surface area contributed by atoms with Crippen molar-refractivity contribution in [1.29, 1.82) is 0 Å². The van der Waals surface area contributed by atoms with E-state index in [-0.39, 0.29) is 0 Å². The summed E-state index contributed by atoms with van der Waals surface area (Å²) >= 11 is 1.71. The molecule has 4 heteroatoms. The fourth-order valence-corrected chi connectivity index (χ4v) is 3.36.